The van der Waals surface area contributed by atoms with E-state index in [1.807, 2.05) is 19.1 Å². The number of likely N-dealkylation sites (N-methyl/N-ethyl adjacent to an activating group) is 1. The predicted molar refractivity (Wildman–Crippen MR) is 138 cm³/mol. The van der Waals surface area contributed by atoms with Crippen molar-refractivity contribution in [2.24, 2.45) is 4.99 Å². The Morgan fingerprint density at radius 2 is 1.94 bits per heavy atom. The summed E-state index contributed by atoms with van der Waals surface area (Å²) in [6, 6.07) is 17.9. The highest BCUT2D eigenvalue weighted by Gasteiger charge is 2.32. The third-order valence-corrected chi connectivity index (χ3v) is 6.71. The number of carbonyl (C=O) groups excluding carboxylic acids is 1. The highest BCUT2D eigenvalue weighted by Crippen LogP contribution is 2.35. The van der Waals surface area contributed by atoms with Gasteiger partial charge >= 0.3 is 5.97 Å². The molecule has 6 nitrogen and oxygen atoms in total. The summed E-state index contributed by atoms with van der Waals surface area (Å²) < 4.78 is 19.6. The van der Waals surface area contributed by atoms with Crippen LogP contribution in [-0.4, -0.2) is 33.6 Å². The maximum absolute atomic E-state index is 13.1. The van der Waals surface area contributed by atoms with Gasteiger partial charge in [0.15, 0.2) is 5.17 Å². The van der Waals surface area contributed by atoms with E-state index in [-0.39, 0.29) is 17.3 Å². The fourth-order valence-electron chi connectivity index (χ4n) is 3.31. The molecule has 1 aliphatic rings. The Labute approximate surface area is 214 Å². The van der Waals surface area contributed by atoms with Crippen molar-refractivity contribution in [1.29, 1.82) is 0 Å². The summed E-state index contributed by atoms with van der Waals surface area (Å²) in [4.78, 5) is 30.8. The van der Waals surface area contributed by atoms with E-state index in [1.54, 1.807) is 41.3 Å². The number of thioether (sulfide) groups is 1. The fraction of sp³-hybridized carbons (Fsp3) is 0.115. The summed E-state index contributed by atoms with van der Waals surface area (Å²) in [5, 5.41) is 9.70. The molecule has 0 bridgehead atoms. The van der Waals surface area contributed by atoms with Crippen LogP contribution < -0.4 is 4.74 Å². The number of aromatic carboxylic acids is 1. The van der Waals surface area contributed by atoms with Gasteiger partial charge in [-0.15, -0.1) is 0 Å². The van der Waals surface area contributed by atoms with Gasteiger partial charge in [0, 0.05) is 6.54 Å². The first-order valence-corrected chi connectivity index (χ1v) is 12.2. The fourth-order valence-corrected chi connectivity index (χ4v) is 4.88. The first-order chi connectivity index (χ1) is 16.8. The van der Waals surface area contributed by atoms with E-state index < -0.39 is 5.97 Å². The number of hydrogen-bond acceptors (Lipinski definition) is 5. The molecule has 35 heavy (non-hydrogen) atoms. The summed E-state index contributed by atoms with van der Waals surface area (Å²) >= 11 is 4.75. The molecule has 1 aliphatic heterocycles. The van der Waals surface area contributed by atoms with Gasteiger partial charge < -0.3 is 9.84 Å². The number of carbonyl (C=O) groups is 2. The number of rotatable bonds is 7. The quantitative estimate of drug-likeness (QED) is 0.337. The lowest BCUT2D eigenvalue weighted by molar-refractivity contribution is -0.122. The zero-order valence-corrected chi connectivity index (χ0v) is 21.0. The van der Waals surface area contributed by atoms with Crippen molar-refractivity contribution in [1.82, 2.24) is 4.90 Å². The average molecular weight is 555 g/mol. The molecule has 1 amide bonds. The number of ether oxygens (including phenoxy) is 1. The minimum absolute atomic E-state index is 0.131. The second-order valence-corrected chi connectivity index (χ2v) is 9.38. The van der Waals surface area contributed by atoms with Crippen LogP contribution in [0.1, 0.15) is 28.4 Å². The molecule has 3 aromatic carbocycles. The topological polar surface area (TPSA) is 79.2 Å². The van der Waals surface area contributed by atoms with E-state index in [2.05, 4.69) is 20.9 Å². The van der Waals surface area contributed by atoms with Crippen LogP contribution in [0.5, 0.6) is 5.75 Å². The normalized spacial score (nSPS) is 15.7. The minimum Gasteiger partial charge on any atom is -0.488 e. The molecule has 0 aliphatic carbocycles. The molecule has 0 radical (unpaired) electrons. The van der Waals surface area contributed by atoms with Crippen LogP contribution in [0.3, 0.4) is 0 Å². The van der Waals surface area contributed by atoms with Crippen LogP contribution in [0.25, 0.3) is 6.08 Å². The Morgan fingerprint density at radius 3 is 2.63 bits per heavy atom. The molecule has 0 unspecified atom stereocenters. The summed E-state index contributed by atoms with van der Waals surface area (Å²) in [6.45, 7) is 2.58. The number of carboxylic acids is 1. The van der Waals surface area contributed by atoms with Crippen LogP contribution in [0.15, 0.2) is 81.1 Å². The summed E-state index contributed by atoms with van der Waals surface area (Å²) in [6.07, 6.45) is 1.78. The zero-order valence-electron chi connectivity index (χ0n) is 18.6. The van der Waals surface area contributed by atoms with Crippen molar-refractivity contribution < 1.29 is 23.8 Å². The first-order valence-electron chi connectivity index (χ1n) is 10.6. The number of carboxylic acid groups (broad SMARTS) is 1. The molecule has 1 heterocycles. The van der Waals surface area contributed by atoms with Crippen LogP contribution >= 0.6 is 27.7 Å². The summed E-state index contributed by atoms with van der Waals surface area (Å²) in [5.41, 5.74) is 2.24. The standard InChI is InChI=1S/C26H20BrFN2O4S/c1-2-30-24(31)23(35-26(30)29-20-5-3-4-18(14-20)25(32)33)13-17-8-11-22(21(27)12-17)34-15-16-6-9-19(28)10-7-16/h3-14H,2,15H2,1H3,(H,32,33). The molecular formula is C26H20BrFN2O4S. The van der Waals surface area contributed by atoms with Crippen molar-refractivity contribution in [2.75, 3.05) is 6.54 Å². The number of amides is 1. The lowest BCUT2D eigenvalue weighted by atomic mass is 10.2. The highest BCUT2D eigenvalue weighted by atomic mass is 79.9. The summed E-state index contributed by atoms with van der Waals surface area (Å²) in [5.74, 6) is -0.878. The molecule has 9 heteroatoms. The van der Waals surface area contributed by atoms with Gasteiger partial charge in [-0.25, -0.2) is 14.2 Å². The zero-order chi connectivity index (χ0) is 24.9. The number of halogens is 2. The predicted octanol–water partition coefficient (Wildman–Crippen LogP) is 6.49. The number of aliphatic imine (C=N–C) groups is 1. The lowest BCUT2D eigenvalue weighted by Crippen LogP contribution is -2.28. The minimum atomic E-state index is -1.04. The number of amidine groups is 1. The Bertz CT molecular complexity index is 1340. The molecule has 4 rings (SSSR count). The maximum atomic E-state index is 13.1. The average Bonchev–Trinajstić information content (AvgIpc) is 3.13. The van der Waals surface area contributed by atoms with Crippen molar-refractivity contribution in [3.05, 3.63) is 98.6 Å². The van der Waals surface area contributed by atoms with Gasteiger partial charge in [0.05, 0.1) is 20.6 Å². The Balaban J connectivity index is 1.52. The Kier molecular flexibility index (Phi) is 7.67. The van der Waals surface area contributed by atoms with Crippen molar-refractivity contribution >= 4 is 56.5 Å². The smallest absolute Gasteiger partial charge is 0.335 e. The maximum Gasteiger partial charge on any atom is 0.335 e. The van der Waals surface area contributed by atoms with Gasteiger partial charge in [0.2, 0.25) is 0 Å². The molecule has 0 spiro atoms. The molecule has 0 atom stereocenters. The number of hydrogen-bond donors (Lipinski definition) is 1. The molecule has 0 aromatic heterocycles. The van der Waals surface area contributed by atoms with Gasteiger partial charge in [-0.3, -0.25) is 9.69 Å². The van der Waals surface area contributed by atoms with E-state index in [0.717, 1.165) is 15.6 Å². The van der Waals surface area contributed by atoms with Crippen LogP contribution in [0.2, 0.25) is 0 Å². The third kappa shape index (κ3) is 5.98. The number of benzene rings is 3. The van der Waals surface area contributed by atoms with Crippen molar-refractivity contribution in [2.45, 2.75) is 13.5 Å². The molecule has 0 saturated carbocycles. The third-order valence-electron chi connectivity index (χ3n) is 5.08. The molecule has 178 valence electrons. The Hall–Kier alpha value is -3.43. The second-order valence-electron chi connectivity index (χ2n) is 7.51. The van der Waals surface area contributed by atoms with Gasteiger partial charge in [-0.1, -0.05) is 24.3 Å². The second kappa shape index (κ2) is 10.9. The van der Waals surface area contributed by atoms with Gasteiger partial charge in [0.1, 0.15) is 18.2 Å². The SMILES string of the molecule is CCN1C(=O)C(=Cc2ccc(OCc3ccc(F)cc3)c(Br)c2)SC1=Nc1cccc(C(=O)O)c1. The molecule has 1 N–H and O–H groups in total. The number of nitrogens with zero attached hydrogens (tertiary/aromatic N) is 2. The first kappa shape index (κ1) is 24.7. The van der Waals surface area contributed by atoms with E-state index in [0.29, 0.717) is 34.7 Å². The molecule has 1 saturated heterocycles. The van der Waals surface area contributed by atoms with Gasteiger partial charge in [0.25, 0.3) is 5.91 Å². The summed E-state index contributed by atoms with van der Waals surface area (Å²) in [7, 11) is 0. The monoisotopic (exact) mass is 554 g/mol. The van der Waals surface area contributed by atoms with E-state index in [9.17, 15) is 19.1 Å². The Morgan fingerprint density at radius 1 is 1.17 bits per heavy atom. The van der Waals surface area contributed by atoms with Gasteiger partial charge in [-0.05, 0) is 94.3 Å². The van der Waals surface area contributed by atoms with Gasteiger partial charge in [-0.2, -0.15) is 0 Å². The van der Waals surface area contributed by atoms with E-state index >= 15 is 0 Å². The van der Waals surface area contributed by atoms with Crippen LogP contribution in [0, 0.1) is 5.82 Å². The molecule has 3 aromatic rings. The lowest BCUT2D eigenvalue weighted by Gasteiger charge is -2.12. The van der Waals surface area contributed by atoms with Crippen LogP contribution in [0.4, 0.5) is 10.1 Å². The van der Waals surface area contributed by atoms with Crippen molar-refractivity contribution in [3.63, 3.8) is 0 Å². The molecular weight excluding hydrogens is 535 g/mol. The van der Waals surface area contributed by atoms with Crippen molar-refractivity contribution in [3.8, 4) is 5.75 Å². The van der Waals surface area contributed by atoms with E-state index in [1.165, 1.54) is 36.0 Å². The molecule has 1 fully saturated rings. The largest absolute Gasteiger partial charge is 0.488 e. The van der Waals surface area contributed by atoms with Crippen LogP contribution in [-0.2, 0) is 11.4 Å². The highest BCUT2D eigenvalue weighted by molar-refractivity contribution is 9.10. The van der Waals surface area contributed by atoms with E-state index in [4.69, 9.17) is 4.74 Å².